The Morgan fingerprint density at radius 3 is 2.40 bits per heavy atom. The van der Waals surface area contributed by atoms with Crippen LogP contribution in [0.5, 0.6) is 11.5 Å². The number of benzene rings is 2. The van der Waals surface area contributed by atoms with Gasteiger partial charge in [-0.25, -0.2) is 4.99 Å². The number of aliphatic imine (C=N–C) groups is 1. The fraction of sp³-hybridized carbons (Fsp3) is 0.174. The van der Waals surface area contributed by atoms with Crippen molar-refractivity contribution in [3.63, 3.8) is 0 Å². The van der Waals surface area contributed by atoms with E-state index in [0.29, 0.717) is 35.3 Å². The Bertz CT molecular complexity index is 1010. The van der Waals surface area contributed by atoms with Gasteiger partial charge in [-0.3, -0.25) is 15.1 Å². The number of nitrogens with zero attached hydrogens (tertiary/aromatic N) is 2. The number of hydrogen-bond acceptors (Lipinski definition) is 5. The maximum absolute atomic E-state index is 12.8. The first-order valence-corrected chi connectivity index (χ1v) is 9.40. The molecule has 0 spiro atoms. The third kappa shape index (κ3) is 5.81. The standard InChI is InChI=1S/C23H24N4O3/c1-16-7-6-8-17(11-16)22(28)27-23(25-15-18-9-4-5-10-24-18)26-19-12-20(29-2)14-21(13-19)30-3/h4-14H,15H2,1-3H3,(H2,25,26,27,28). The molecule has 1 amide bonds. The van der Waals surface area contributed by atoms with Gasteiger partial charge in [-0.05, 0) is 31.2 Å². The van der Waals surface area contributed by atoms with Crippen LogP contribution in [0.1, 0.15) is 21.6 Å². The number of rotatable bonds is 6. The van der Waals surface area contributed by atoms with Crippen LogP contribution < -0.4 is 20.1 Å². The average molecular weight is 404 g/mol. The van der Waals surface area contributed by atoms with Crippen LogP contribution in [0.15, 0.2) is 71.9 Å². The van der Waals surface area contributed by atoms with E-state index in [1.807, 2.05) is 43.3 Å². The maximum atomic E-state index is 12.8. The molecular formula is C23H24N4O3. The van der Waals surface area contributed by atoms with E-state index < -0.39 is 0 Å². The quantitative estimate of drug-likeness (QED) is 0.482. The van der Waals surface area contributed by atoms with E-state index in [1.165, 1.54) is 0 Å². The molecule has 0 unspecified atom stereocenters. The fourth-order valence-electron chi connectivity index (χ4n) is 2.74. The minimum Gasteiger partial charge on any atom is -0.497 e. The van der Waals surface area contributed by atoms with Crippen LogP contribution in [0, 0.1) is 6.92 Å². The van der Waals surface area contributed by atoms with Gasteiger partial charge in [-0.15, -0.1) is 0 Å². The highest BCUT2D eigenvalue weighted by molar-refractivity contribution is 6.10. The summed E-state index contributed by atoms with van der Waals surface area (Å²) in [6.07, 6.45) is 1.70. The summed E-state index contributed by atoms with van der Waals surface area (Å²) in [7, 11) is 3.16. The summed E-state index contributed by atoms with van der Waals surface area (Å²) in [4.78, 5) is 21.5. The summed E-state index contributed by atoms with van der Waals surface area (Å²) in [5, 5.41) is 5.99. The van der Waals surface area contributed by atoms with E-state index in [9.17, 15) is 4.79 Å². The Labute approximate surface area is 175 Å². The lowest BCUT2D eigenvalue weighted by atomic mass is 10.1. The van der Waals surface area contributed by atoms with Crippen LogP contribution in [-0.2, 0) is 6.54 Å². The molecule has 1 heterocycles. The van der Waals surface area contributed by atoms with Gasteiger partial charge >= 0.3 is 0 Å². The summed E-state index contributed by atoms with van der Waals surface area (Å²) in [5.74, 6) is 1.26. The molecule has 7 nitrogen and oxygen atoms in total. The largest absolute Gasteiger partial charge is 0.497 e. The molecule has 0 saturated carbocycles. The third-order valence-corrected chi connectivity index (χ3v) is 4.25. The van der Waals surface area contributed by atoms with Crippen molar-refractivity contribution in [1.82, 2.24) is 10.3 Å². The van der Waals surface area contributed by atoms with Gasteiger partial charge in [0.2, 0.25) is 5.96 Å². The molecule has 3 rings (SSSR count). The number of ether oxygens (including phenoxy) is 2. The number of anilines is 1. The number of aryl methyl sites for hydroxylation is 1. The van der Waals surface area contributed by atoms with E-state index >= 15 is 0 Å². The SMILES string of the molecule is COc1cc(NC(=NCc2ccccn2)NC(=O)c2cccc(C)c2)cc(OC)c1. The first kappa shape index (κ1) is 20.9. The first-order chi connectivity index (χ1) is 14.6. The summed E-state index contributed by atoms with van der Waals surface area (Å²) in [6.45, 7) is 2.24. The lowest BCUT2D eigenvalue weighted by Crippen LogP contribution is -2.36. The topological polar surface area (TPSA) is 84.8 Å². The lowest BCUT2D eigenvalue weighted by Gasteiger charge is -2.14. The predicted octanol–water partition coefficient (Wildman–Crippen LogP) is 3.81. The highest BCUT2D eigenvalue weighted by Gasteiger charge is 2.11. The highest BCUT2D eigenvalue weighted by atomic mass is 16.5. The molecule has 30 heavy (non-hydrogen) atoms. The Morgan fingerprint density at radius 1 is 1.00 bits per heavy atom. The van der Waals surface area contributed by atoms with Gasteiger partial charge in [0.15, 0.2) is 0 Å². The molecular weight excluding hydrogens is 380 g/mol. The van der Waals surface area contributed by atoms with Crippen molar-refractivity contribution in [1.29, 1.82) is 0 Å². The van der Waals surface area contributed by atoms with Crippen molar-refractivity contribution in [3.8, 4) is 11.5 Å². The van der Waals surface area contributed by atoms with E-state index in [-0.39, 0.29) is 5.91 Å². The number of methoxy groups -OCH3 is 2. The molecule has 0 saturated heterocycles. The number of amides is 1. The summed E-state index contributed by atoms with van der Waals surface area (Å²) in [5.41, 5.74) is 2.99. The average Bonchev–Trinajstić information content (AvgIpc) is 2.77. The first-order valence-electron chi connectivity index (χ1n) is 9.40. The second kappa shape index (κ2) is 10.1. The molecule has 0 bridgehead atoms. The van der Waals surface area contributed by atoms with Crippen molar-refractivity contribution in [2.24, 2.45) is 4.99 Å². The molecule has 7 heteroatoms. The van der Waals surface area contributed by atoms with E-state index in [0.717, 1.165) is 11.3 Å². The van der Waals surface area contributed by atoms with Gasteiger partial charge in [0.1, 0.15) is 11.5 Å². The third-order valence-electron chi connectivity index (χ3n) is 4.25. The molecule has 0 radical (unpaired) electrons. The van der Waals surface area contributed by atoms with Gasteiger partial charge in [-0.1, -0.05) is 23.8 Å². The van der Waals surface area contributed by atoms with E-state index in [4.69, 9.17) is 9.47 Å². The molecule has 0 aliphatic rings. The van der Waals surface area contributed by atoms with Crippen LogP contribution in [0.2, 0.25) is 0 Å². The van der Waals surface area contributed by atoms with Crippen LogP contribution in [0.3, 0.4) is 0 Å². The van der Waals surface area contributed by atoms with Gasteiger partial charge in [-0.2, -0.15) is 0 Å². The van der Waals surface area contributed by atoms with Crippen molar-refractivity contribution >= 4 is 17.6 Å². The fourth-order valence-corrected chi connectivity index (χ4v) is 2.74. The zero-order valence-corrected chi connectivity index (χ0v) is 17.2. The molecule has 2 N–H and O–H groups in total. The van der Waals surface area contributed by atoms with Crippen molar-refractivity contribution < 1.29 is 14.3 Å². The maximum Gasteiger partial charge on any atom is 0.257 e. The molecule has 0 aliphatic heterocycles. The summed E-state index contributed by atoms with van der Waals surface area (Å²) < 4.78 is 10.6. The zero-order valence-electron chi connectivity index (χ0n) is 17.2. The van der Waals surface area contributed by atoms with E-state index in [2.05, 4.69) is 20.6 Å². The monoisotopic (exact) mass is 404 g/mol. The number of aromatic nitrogens is 1. The minimum atomic E-state index is -0.263. The zero-order chi connectivity index (χ0) is 21.3. The summed E-state index contributed by atoms with van der Waals surface area (Å²) in [6, 6.07) is 18.3. The number of carbonyl (C=O) groups excluding carboxylic acids is 1. The van der Waals surface area contributed by atoms with E-state index in [1.54, 1.807) is 44.7 Å². The van der Waals surface area contributed by atoms with Crippen LogP contribution >= 0.6 is 0 Å². The van der Waals surface area contributed by atoms with Gasteiger partial charge in [0, 0.05) is 35.6 Å². The summed E-state index contributed by atoms with van der Waals surface area (Å²) >= 11 is 0. The molecule has 0 aliphatic carbocycles. The number of hydrogen-bond donors (Lipinski definition) is 2. The molecule has 2 aromatic carbocycles. The Balaban J connectivity index is 1.86. The van der Waals surface area contributed by atoms with Gasteiger partial charge in [0.25, 0.3) is 5.91 Å². The normalized spacial score (nSPS) is 11.0. The number of guanidine groups is 1. The number of nitrogens with one attached hydrogen (secondary N) is 2. The minimum absolute atomic E-state index is 0.263. The lowest BCUT2D eigenvalue weighted by molar-refractivity contribution is 0.0977. The van der Waals surface area contributed by atoms with Crippen LogP contribution in [0.25, 0.3) is 0 Å². The Kier molecular flexibility index (Phi) is 7.00. The second-order valence-corrected chi connectivity index (χ2v) is 6.54. The van der Waals surface area contributed by atoms with Crippen molar-refractivity contribution in [2.45, 2.75) is 13.5 Å². The molecule has 1 aromatic heterocycles. The second-order valence-electron chi connectivity index (χ2n) is 6.54. The molecule has 154 valence electrons. The number of pyridine rings is 1. The van der Waals surface area contributed by atoms with Crippen molar-refractivity contribution in [2.75, 3.05) is 19.5 Å². The van der Waals surface area contributed by atoms with Gasteiger partial charge < -0.3 is 14.8 Å². The molecule has 3 aromatic rings. The van der Waals surface area contributed by atoms with Gasteiger partial charge in [0.05, 0.1) is 26.5 Å². The Morgan fingerprint density at radius 2 is 1.77 bits per heavy atom. The smallest absolute Gasteiger partial charge is 0.257 e. The Hall–Kier alpha value is -3.87. The van der Waals surface area contributed by atoms with Crippen molar-refractivity contribution in [3.05, 3.63) is 83.7 Å². The van der Waals surface area contributed by atoms with Crippen LogP contribution in [-0.4, -0.2) is 31.1 Å². The highest BCUT2D eigenvalue weighted by Crippen LogP contribution is 2.25. The number of carbonyl (C=O) groups is 1. The molecule has 0 fully saturated rings. The van der Waals surface area contributed by atoms with Crippen LogP contribution in [0.4, 0.5) is 5.69 Å². The molecule has 0 atom stereocenters. The predicted molar refractivity (Wildman–Crippen MR) is 117 cm³/mol.